The van der Waals surface area contributed by atoms with Crippen LogP contribution in [0.3, 0.4) is 0 Å². The van der Waals surface area contributed by atoms with Crippen LogP contribution in [0.4, 0.5) is 0 Å². The molecule has 0 spiro atoms. The van der Waals surface area contributed by atoms with Crippen molar-refractivity contribution in [1.29, 1.82) is 0 Å². The number of carbonyl (C=O) groups is 3. The van der Waals surface area contributed by atoms with Gasteiger partial charge in [0.15, 0.2) is 18.1 Å². The van der Waals surface area contributed by atoms with Crippen LogP contribution < -0.4 is 29.6 Å². The van der Waals surface area contributed by atoms with Crippen molar-refractivity contribution in [2.75, 3.05) is 33.9 Å². The Morgan fingerprint density at radius 3 is 2.56 bits per heavy atom. The van der Waals surface area contributed by atoms with Crippen LogP contribution in [-0.4, -0.2) is 73.7 Å². The summed E-state index contributed by atoms with van der Waals surface area (Å²) in [7, 11) is 3.01. The van der Waals surface area contributed by atoms with Gasteiger partial charge in [0.25, 0.3) is 17.7 Å². The van der Waals surface area contributed by atoms with Crippen LogP contribution >= 0.6 is 0 Å². The zero-order valence-electron chi connectivity index (χ0n) is 21.5. The molecular formula is C28H28N4O7. The molecule has 6 rings (SSSR count). The molecule has 1 saturated heterocycles. The number of nitrogens with zero attached hydrogens (tertiary/aromatic N) is 2. The van der Waals surface area contributed by atoms with E-state index in [0.29, 0.717) is 28.4 Å². The van der Waals surface area contributed by atoms with Gasteiger partial charge in [-0.25, -0.2) is 0 Å². The molecule has 39 heavy (non-hydrogen) atoms. The molecule has 3 aliphatic heterocycles. The van der Waals surface area contributed by atoms with Gasteiger partial charge in [0.1, 0.15) is 17.6 Å². The van der Waals surface area contributed by atoms with E-state index in [2.05, 4.69) is 15.6 Å². The lowest BCUT2D eigenvalue weighted by Gasteiger charge is -2.22. The van der Waals surface area contributed by atoms with Crippen molar-refractivity contribution in [2.24, 2.45) is 0 Å². The van der Waals surface area contributed by atoms with Crippen molar-refractivity contribution >= 4 is 17.7 Å². The lowest BCUT2D eigenvalue weighted by atomic mass is 10.1. The van der Waals surface area contributed by atoms with E-state index in [1.54, 1.807) is 59.8 Å². The highest BCUT2D eigenvalue weighted by Crippen LogP contribution is 2.30. The number of hydrogen-bond donors (Lipinski definition) is 2. The van der Waals surface area contributed by atoms with Crippen molar-refractivity contribution in [3.8, 4) is 23.0 Å². The Hall–Kier alpha value is -4.80. The molecule has 2 aromatic carbocycles. The number of rotatable bonds is 3. The molecule has 4 bridgehead atoms. The number of fused-ring (bicyclic) bond motifs is 7. The predicted octanol–water partition coefficient (Wildman–Crippen LogP) is 1.81. The minimum absolute atomic E-state index is 0.189. The van der Waals surface area contributed by atoms with E-state index in [9.17, 15) is 14.4 Å². The molecule has 4 heterocycles. The zero-order chi connectivity index (χ0) is 27.4. The molecule has 11 nitrogen and oxygen atoms in total. The average Bonchev–Trinajstić information content (AvgIpc) is 3.36. The van der Waals surface area contributed by atoms with Gasteiger partial charge in [0.05, 0.1) is 26.8 Å². The quantitative estimate of drug-likeness (QED) is 0.523. The molecule has 3 amide bonds. The second-order valence-corrected chi connectivity index (χ2v) is 9.09. The number of aromatic nitrogens is 1. The summed E-state index contributed by atoms with van der Waals surface area (Å²) in [5, 5.41) is 5.81. The topological polar surface area (TPSA) is 128 Å². The Labute approximate surface area is 225 Å². The Balaban J connectivity index is 1.46. The Morgan fingerprint density at radius 2 is 1.79 bits per heavy atom. The first-order chi connectivity index (χ1) is 18.9. The number of methoxy groups -OCH3 is 2. The fourth-order valence-electron chi connectivity index (χ4n) is 4.59. The summed E-state index contributed by atoms with van der Waals surface area (Å²) in [5.41, 5.74) is 1.59. The zero-order valence-corrected chi connectivity index (χ0v) is 21.5. The fourth-order valence-corrected chi connectivity index (χ4v) is 4.59. The number of likely N-dealkylation sites (tertiary alicyclic amines) is 1. The van der Waals surface area contributed by atoms with Crippen LogP contribution in [0.25, 0.3) is 0 Å². The van der Waals surface area contributed by atoms with E-state index in [1.165, 1.54) is 20.3 Å². The van der Waals surface area contributed by atoms with Crippen LogP contribution in [-0.2, 0) is 11.3 Å². The van der Waals surface area contributed by atoms with Crippen LogP contribution in [0, 0.1) is 0 Å². The second kappa shape index (κ2) is 11.3. The smallest absolute Gasteiger partial charge is 0.258 e. The van der Waals surface area contributed by atoms with E-state index >= 15 is 0 Å². The molecule has 0 aliphatic carbocycles. The molecule has 0 saturated carbocycles. The third kappa shape index (κ3) is 5.71. The van der Waals surface area contributed by atoms with Gasteiger partial charge in [-0.15, -0.1) is 0 Å². The van der Waals surface area contributed by atoms with Gasteiger partial charge >= 0.3 is 0 Å². The molecule has 1 aromatic heterocycles. The number of hydrogen-bond acceptors (Lipinski definition) is 8. The Kier molecular flexibility index (Phi) is 7.48. The highest BCUT2D eigenvalue weighted by atomic mass is 16.5. The van der Waals surface area contributed by atoms with Crippen molar-refractivity contribution in [2.45, 2.75) is 18.7 Å². The molecule has 2 atom stereocenters. The third-order valence-electron chi connectivity index (χ3n) is 6.60. The van der Waals surface area contributed by atoms with Crippen molar-refractivity contribution in [3.05, 3.63) is 77.6 Å². The number of carbonyl (C=O) groups excluding carboxylic acids is 3. The van der Waals surface area contributed by atoms with Gasteiger partial charge in [-0.2, -0.15) is 0 Å². The summed E-state index contributed by atoms with van der Waals surface area (Å²) < 4.78 is 22.9. The van der Waals surface area contributed by atoms with Crippen molar-refractivity contribution in [3.63, 3.8) is 0 Å². The molecular weight excluding hydrogens is 504 g/mol. The van der Waals surface area contributed by atoms with E-state index in [-0.39, 0.29) is 43.8 Å². The molecule has 2 N–H and O–H groups in total. The van der Waals surface area contributed by atoms with Gasteiger partial charge in [0, 0.05) is 48.2 Å². The maximum absolute atomic E-state index is 13.1. The largest absolute Gasteiger partial charge is 0.496 e. The van der Waals surface area contributed by atoms with E-state index in [0.717, 1.165) is 5.56 Å². The first-order valence-electron chi connectivity index (χ1n) is 12.4. The third-order valence-corrected chi connectivity index (χ3v) is 6.60. The van der Waals surface area contributed by atoms with Gasteiger partial charge in [0.2, 0.25) is 0 Å². The summed E-state index contributed by atoms with van der Waals surface area (Å²) in [6.45, 7) is 0.378. The lowest BCUT2D eigenvalue weighted by Crippen LogP contribution is -2.46. The lowest BCUT2D eigenvalue weighted by molar-refractivity contribution is -0.124. The molecule has 0 radical (unpaired) electrons. The van der Waals surface area contributed by atoms with Gasteiger partial charge in [-0.1, -0.05) is 0 Å². The SMILES string of the molecule is COc1cc2ccc1CNC(=O)c1ccc(OC)c(c1)OCC(=O)N[C@@H]1CN(C(=O)c3ccncc3)C[C@H]1O2. The summed E-state index contributed by atoms with van der Waals surface area (Å²) in [4.78, 5) is 44.5. The van der Waals surface area contributed by atoms with Crippen LogP contribution in [0.2, 0.25) is 0 Å². The number of amides is 3. The first-order valence-corrected chi connectivity index (χ1v) is 12.4. The van der Waals surface area contributed by atoms with Crippen LogP contribution in [0.1, 0.15) is 26.3 Å². The summed E-state index contributed by atoms with van der Waals surface area (Å²) in [5.74, 6) is 0.727. The molecule has 3 aliphatic rings. The van der Waals surface area contributed by atoms with Crippen molar-refractivity contribution in [1.82, 2.24) is 20.5 Å². The Bertz CT molecular complexity index is 1380. The van der Waals surface area contributed by atoms with Crippen LogP contribution in [0.5, 0.6) is 23.0 Å². The molecule has 11 heteroatoms. The standard InChI is InChI=1S/C28H28N4O7/c1-36-22-6-4-18-11-24(22)38-16-26(33)31-21-14-32(28(35)17-7-9-29-10-8-17)15-25(21)39-20-5-3-19(13-30-27(18)34)23(12-20)37-2/h3-12,21,25H,13-16H2,1-2H3,(H,30,34)(H,31,33)/t21-,25-/m1/s1. The maximum Gasteiger partial charge on any atom is 0.258 e. The molecule has 0 unspecified atom stereocenters. The molecule has 202 valence electrons. The minimum atomic E-state index is -0.538. The summed E-state index contributed by atoms with van der Waals surface area (Å²) in [6, 6.07) is 12.8. The molecule has 1 fully saturated rings. The monoisotopic (exact) mass is 532 g/mol. The highest BCUT2D eigenvalue weighted by molar-refractivity contribution is 5.95. The first kappa shape index (κ1) is 25.8. The average molecular weight is 533 g/mol. The predicted molar refractivity (Wildman–Crippen MR) is 139 cm³/mol. The fraction of sp³-hybridized carbons (Fsp3) is 0.286. The van der Waals surface area contributed by atoms with Crippen molar-refractivity contribution < 1.29 is 33.3 Å². The number of ether oxygens (including phenoxy) is 4. The number of pyridine rings is 1. The highest BCUT2D eigenvalue weighted by Gasteiger charge is 2.38. The second-order valence-electron chi connectivity index (χ2n) is 9.09. The van der Waals surface area contributed by atoms with E-state index in [1.807, 2.05) is 0 Å². The van der Waals surface area contributed by atoms with E-state index in [4.69, 9.17) is 18.9 Å². The Morgan fingerprint density at radius 1 is 1.00 bits per heavy atom. The van der Waals surface area contributed by atoms with Gasteiger partial charge in [-0.05, 0) is 42.5 Å². The number of benzene rings is 2. The minimum Gasteiger partial charge on any atom is -0.496 e. The summed E-state index contributed by atoms with van der Waals surface area (Å²) >= 11 is 0. The van der Waals surface area contributed by atoms with E-state index < -0.39 is 18.1 Å². The molecule has 3 aromatic rings. The maximum atomic E-state index is 13.1. The number of nitrogens with one attached hydrogen (secondary N) is 2. The summed E-state index contributed by atoms with van der Waals surface area (Å²) in [6.07, 6.45) is 2.58. The van der Waals surface area contributed by atoms with Gasteiger partial charge < -0.3 is 34.5 Å². The van der Waals surface area contributed by atoms with Gasteiger partial charge in [-0.3, -0.25) is 19.4 Å². The normalized spacial score (nSPS) is 19.1. The van der Waals surface area contributed by atoms with Crippen LogP contribution in [0.15, 0.2) is 60.9 Å².